The molecule has 1 saturated carbocycles. The number of nitrogens with one attached hydrogen (secondary N) is 1. The lowest BCUT2D eigenvalue weighted by Gasteiger charge is -2.29. The van der Waals surface area contributed by atoms with Crippen LogP contribution in [0.4, 0.5) is 18.9 Å². The van der Waals surface area contributed by atoms with Crippen LogP contribution in [0.1, 0.15) is 49.7 Å². The first-order chi connectivity index (χ1) is 9.88. The van der Waals surface area contributed by atoms with Gasteiger partial charge in [0.1, 0.15) is 0 Å². The molecule has 0 radical (unpaired) electrons. The minimum atomic E-state index is -4.44. The van der Waals surface area contributed by atoms with E-state index in [4.69, 9.17) is 0 Å². The molecule has 1 fully saturated rings. The van der Waals surface area contributed by atoms with E-state index < -0.39 is 17.7 Å². The van der Waals surface area contributed by atoms with Gasteiger partial charge in [0.05, 0.1) is 17.2 Å². The molecule has 1 aliphatic heterocycles. The number of hydrogen-bond acceptors (Lipinski definition) is 1. The summed E-state index contributed by atoms with van der Waals surface area (Å²) in [6.07, 6.45) is -0.524. The Kier molecular flexibility index (Phi) is 3.46. The van der Waals surface area contributed by atoms with Crippen molar-refractivity contribution < 1.29 is 18.0 Å². The third kappa shape index (κ3) is 2.54. The van der Waals surface area contributed by atoms with Crippen molar-refractivity contribution in [2.75, 3.05) is 5.32 Å². The van der Waals surface area contributed by atoms with E-state index in [2.05, 4.69) is 12.2 Å². The predicted octanol–water partition coefficient (Wildman–Crippen LogP) is 4.57. The zero-order valence-electron chi connectivity index (χ0n) is 11.8. The maximum absolute atomic E-state index is 13.0. The first kappa shape index (κ1) is 14.4. The van der Waals surface area contributed by atoms with Gasteiger partial charge in [-0.2, -0.15) is 13.2 Å². The predicted molar refractivity (Wildman–Crippen MR) is 73.9 cm³/mol. The van der Waals surface area contributed by atoms with E-state index in [0.29, 0.717) is 11.5 Å². The summed E-state index contributed by atoms with van der Waals surface area (Å²) in [7, 11) is 0. The lowest BCUT2D eigenvalue weighted by atomic mass is 9.74. The van der Waals surface area contributed by atoms with Crippen molar-refractivity contribution >= 4 is 11.6 Å². The highest BCUT2D eigenvalue weighted by Crippen LogP contribution is 2.48. The summed E-state index contributed by atoms with van der Waals surface area (Å²) in [5, 5.41) is 2.47. The molecule has 3 rings (SSSR count). The minimum Gasteiger partial charge on any atom is -0.325 e. The number of benzene rings is 1. The van der Waals surface area contributed by atoms with Gasteiger partial charge in [-0.1, -0.05) is 31.9 Å². The highest BCUT2D eigenvalue weighted by Gasteiger charge is 2.43. The van der Waals surface area contributed by atoms with Crippen LogP contribution in [0.15, 0.2) is 18.2 Å². The quantitative estimate of drug-likeness (QED) is 0.808. The number of anilines is 1. The van der Waals surface area contributed by atoms with E-state index in [-0.39, 0.29) is 17.5 Å². The third-order valence-electron chi connectivity index (χ3n) is 4.80. The van der Waals surface area contributed by atoms with Crippen molar-refractivity contribution in [2.45, 2.75) is 44.7 Å². The molecule has 2 nitrogen and oxygen atoms in total. The van der Waals surface area contributed by atoms with Gasteiger partial charge in [-0.05, 0) is 36.3 Å². The maximum Gasteiger partial charge on any atom is 0.418 e. The van der Waals surface area contributed by atoms with Crippen LogP contribution < -0.4 is 5.32 Å². The van der Waals surface area contributed by atoms with Gasteiger partial charge in [0, 0.05) is 0 Å². The minimum absolute atomic E-state index is 0.0291. The van der Waals surface area contributed by atoms with Crippen molar-refractivity contribution in [1.82, 2.24) is 0 Å². The van der Waals surface area contributed by atoms with Crippen LogP contribution in [0.25, 0.3) is 0 Å². The van der Waals surface area contributed by atoms with Crippen LogP contribution in [0, 0.1) is 11.8 Å². The second-order valence-electron chi connectivity index (χ2n) is 6.25. The maximum atomic E-state index is 13.0. The Bertz CT molecular complexity index is 559. The molecule has 1 heterocycles. The molecule has 1 amide bonds. The molecule has 21 heavy (non-hydrogen) atoms. The van der Waals surface area contributed by atoms with E-state index in [1.165, 1.54) is 6.07 Å². The summed E-state index contributed by atoms with van der Waals surface area (Å²) in [5.41, 5.74) is -0.243. The number of carbonyl (C=O) groups excluding carboxylic acids is 1. The second kappa shape index (κ2) is 5.04. The van der Waals surface area contributed by atoms with E-state index in [1.54, 1.807) is 6.07 Å². The van der Waals surface area contributed by atoms with Crippen molar-refractivity contribution in [3.63, 3.8) is 0 Å². The smallest absolute Gasteiger partial charge is 0.325 e. The van der Waals surface area contributed by atoms with Gasteiger partial charge in [0.25, 0.3) is 0 Å². The van der Waals surface area contributed by atoms with Gasteiger partial charge in [-0.15, -0.1) is 0 Å². The number of rotatable bonds is 1. The average Bonchev–Trinajstić information content (AvgIpc) is 2.74. The number of amides is 1. The zero-order valence-corrected chi connectivity index (χ0v) is 11.8. The Balaban J connectivity index is 1.95. The largest absolute Gasteiger partial charge is 0.418 e. The molecule has 1 aromatic carbocycles. The zero-order chi connectivity index (χ0) is 15.2. The molecule has 1 unspecified atom stereocenters. The van der Waals surface area contributed by atoms with Crippen molar-refractivity contribution in [2.24, 2.45) is 11.8 Å². The molecular formula is C16H18F3NO. The third-order valence-corrected chi connectivity index (χ3v) is 4.80. The van der Waals surface area contributed by atoms with Crippen LogP contribution in [0.3, 0.4) is 0 Å². The average molecular weight is 297 g/mol. The number of alkyl halides is 3. The van der Waals surface area contributed by atoms with Crippen LogP contribution >= 0.6 is 0 Å². The van der Waals surface area contributed by atoms with Crippen LogP contribution in [-0.2, 0) is 11.0 Å². The topological polar surface area (TPSA) is 29.1 Å². The van der Waals surface area contributed by atoms with E-state index in [1.807, 2.05) is 0 Å². The SMILES string of the molecule is CC1CCC(C2C(=O)Nc3c2cccc3C(F)(F)F)CC1. The summed E-state index contributed by atoms with van der Waals surface area (Å²) >= 11 is 0. The number of fused-ring (bicyclic) bond motifs is 1. The molecule has 0 spiro atoms. The molecule has 0 saturated heterocycles. The van der Waals surface area contributed by atoms with Crippen LogP contribution in [0.5, 0.6) is 0 Å². The van der Waals surface area contributed by atoms with E-state index in [9.17, 15) is 18.0 Å². The molecule has 1 aromatic rings. The van der Waals surface area contributed by atoms with Crippen molar-refractivity contribution in [3.8, 4) is 0 Å². The molecular weight excluding hydrogens is 279 g/mol. The fourth-order valence-corrected chi connectivity index (χ4v) is 3.63. The fourth-order valence-electron chi connectivity index (χ4n) is 3.63. The summed E-state index contributed by atoms with van der Waals surface area (Å²) in [4.78, 5) is 12.2. The van der Waals surface area contributed by atoms with Gasteiger partial charge >= 0.3 is 6.18 Å². The summed E-state index contributed by atoms with van der Waals surface area (Å²) in [5.74, 6) is 0.105. The lowest BCUT2D eigenvalue weighted by molar-refractivity contribution is -0.136. The van der Waals surface area contributed by atoms with Crippen molar-refractivity contribution in [1.29, 1.82) is 0 Å². The molecule has 114 valence electrons. The highest BCUT2D eigenvalue weighted by atomic mass is 19.4. The summed E-state index contributed by atoms with van der Waals surface area (Å²) in [6.45, 7) is 2.18. The van der Waals surface area contributed by atoms with Crippen LogP contribution in [0.2, 0.25) is 0 Å². The number of carbonyl (C=O) groups is 1. The van der Waals surface area contributed by atoms with Gasteiger partial charge in [0.15, 0.2) is 0 Å². The Morgan fingerprint density at radius 2 is 1.81 bits per heavy atom. The fraction of sp³-hybridized carbons (Fsp3) is 0.562. The Morgan fingerprint density at radius 3 is 2.43 bits per heavy atom. The first-order valence-corrected chi connectivity index (χ1v) is 7.39. The summed E-state index contributed by atoms with van der Waals surface area (Å²) in [6, 6.07) is 4.09. The van der Waals surface area contributed by atoms with Gasteiger partial charge in [-0.25, -0.2) is 0 Å². The Hall–Kier alpha value is -1.52. The number of halogens is 3. The summed E-state index contributed by atoms with van der Waals surface area (Å²) < 4.78 is 39.1. The Morgan fingerprint density at radius 1 is 1.14 bits per heavy atom. The first-order valence-electron chi connectivity index (χ1n) is 7.39. The standard InChI is InChI=1S/C16H18F3NO/c1-9-5-7-10(8-6-9)13-11-3-2-4-12(16(17,18)19)14(11)20-15(13)21/h2-4,9-10,13H,5-8H2,1H3,(H,20,21). The molecule has 1 aliphatic carbocycles. The van der Waals surface area contributed by atoms with Crippen molar-refractivity contribution in [3.05, 3.63) is 29.3 Å². The number of para-hydroxylation sites is 1. The monoisotopic (exact) mass is 297 g/mol. The van der Waals surface area contributed by atoms with Gasteiger partial charge in [0.2, 0.25) is 5.91 Å². The van der Waals surface area contributed by atoms with Crippen LogP contribution in [-0.4, -0.2) is 5.91 Å². The molecule has 0 bridgehead atoms. The molecule has 1 N–H and O–H groups in total. The molecule has 0 aromatic heterocycles. The Labute approximate surface area is 121 Å². The molecule has 5 heteroatoms. The van der Waals surface area contributed by atoms with E-state index in [0.717, 1.165) is 31.7 Å². The van der Waals surface area contributed by atoms with E-state index >= 15 is 0 Å². The second-order valence-corrected chi connectivity index (χ2v) is 6.25. The highest BCUT2D eigenvalue weighted by molar-refractivity contribution is 6.04. The molecule has 1 atom stereocenters. The van der Waals surface area contributed by atoms with Gasteiger partial charge < -0.3 is 5.32 Å². The lowest BCUT2D eigenvalue weighted by Crippen LogP contribution is -2.24. The normalized spacial score (nSPS) is 29.1. The molecule has 2 aliphatic rings. The van der Waals surface area contributed by atoms with Gasteiger partial charge in [-0.3, -0.25) is 4.79 Å². The number of hydrogen-bond donors (Lipinski definition) is 1.